The molecule has 0 aromatic carbocycles. The molecule has 0 spiro atoms. The first kappa shape index (κ1) is 10.2. The van der Waals surface area contributed by atoms with E-state index in [1.165, 1.54) is 6.33 Å². The highest BCUT2D eigenvalue weighted by Gasteiger charge is 2.14. The van der Waals surface area contributed by atoms with E-state index in [0.29, 0.717) is 6.42 Å². The minimum atomic E-state index is -0.0713. The first-order chi connectivity index (χ1) is 7.29. The van der Waals surface area contributed by atoms with Crippen LogP contribution in [0.1, 0.15) is 22.6 Å². The fourth-order valence-corrected chi connectivity index (χ4v) is 2.11. The van der Waals surface area contributed by atoms with Crippen LogP contribution in [0.2, 0.25) is 0 Å². The third-order valence-corrected chi connectivity index (χ3v) is 3.00. The van der Waals surface area contributed by atoms with Crippen molar-refractivity contribution in [1.82, 2.24) is 25.6 Å². The molecule has 15 heavy (non-hydrogen) atoms. The van der Waals surface area contributed by atoms with Crippen LogP contribution in [0.25, 0.3) is 0 Å². The molecular weight excluding hydrogens is 212 g/mol. The number of rotatable bonds is 4. The number of hydrogen-bond acceptors (Lipinski definition) is 6. The minimum absolute atomic E-state index is 0.0713. The summed E-state index contributed by atoms with van der Waals surface area (Å²) in [6.07, 6.45) is 2.18. The predicted octanol–water partition coefficient (Wildman–Crippen LogP) is 0.317. The van der Waals surface area contributed by atoms with Crippen molar-refractivity contribution in [2.75, 3.05) is 0 Å². The maximum atomic E-state index is 5.46. The summed E-state index contributed by atoms with van der Waals surface area (Å²) < 4.78 is 0. The number of aromatic nitrogens is 4. The van der Waals surface area contributed by atoms with Crippen LogP contribution in [-0.2, 0) is 6.42 Å². The summed E-state index contributed by atoms with van der Waals surface area (Å²) >= 11 is 1.62. The molecule has 0 aliphatic rings. The molecule has 80 valence electrons. The monoisotopic (exact) mass is 224 g/mol. The molecule has 7 heteroatoms. The van der Waals surface area contributed by atoms with E-state index in [2.05, 4.69) is 25.6 Å². The van der Waals surface area contributed by atoms with Crippen molar-refractivity contribution in [3.05, 3.63) is 28.2 Å². The van der Waals surface area contributed by atoms with Gasteiger partial charge in [0.15, 0.2) is 0 Å². The highest BCUT2D eigenvalue weighted by molar-refractivity contribution is 7.09. The molecule has 0 bridgehead atoms. The van der Waals surface area contributed by atoms with Gasteiger partial charge >= 0.3 is 0 Å². The molecule has 1 unspecified atom stereocenters. The Morgan fingerprint density at radius 1 is 1.67 bits per heavy atom. The van der Waals surface area contributed by atoms with Crippen LogP contribution in [0, 0.1) is 6.92 Å². The van der Waals surface area contributed by atoms with E-state index in [1.54, 1.807) is 11.3 Å². The van der Waals surface area contributed by atoms with Gasteiger partial charge in [0.25, 0.3) is 0 Å². The van der Waals surface area contributed by atoms with E-state index >= 15 is 0 Å². The van der Waals surface area contributed by atoms with Gasteiger partial charge in [0.1, 0.15) is 12.2 Å². The lowest BCUT2D eigenvalue weighted by atomic mass is 10.2. The van der Waals surface area contributed by atoms with Crippen molar-refractivity contribution in [2.45, 2.75) is 19.4 Å². The number of hydrogen-bond donors (Lipinski definition) is 3. The SMILES string of the molecule is Cc1csc(CC(NN)c2ncn[nH]2)n1. The molecule has 4 N–H and O–H groups in total. The molecule has 6 nitrogen and oxygen atoms in total. The largest absolute Gasteiger partial charge is 0.271 e. The minimum Gasteiger partial charge on any atom is -0.271 e. The van der Waals surface area contributed by atoms with Gasteiger partial charge < -0.3 is 0 Å². The quantitative estimate of drug-likeness (QED) is 0.513. The topological polar surface area (TPSA) is 92.5 Å². The van der Waals surface area contributed by atoms with E-state index < -0.39 is 0 Å². The van der Waals surface area contributed by atoms with Crippen molar-refractivity contribution in [3.8, 4) is 0 Å². The normalized spacial score (nSPS) is 12.9. The number of aromatic amines is 1. The lowest BCUT2D eigenvalue weighted by Gasteiger charge is -2.10. The Morgan fingerprint density at radius 3 is 3.07 bits per heavy atom. The number of nitrogens with zero attached hydrogens (tertiary/aromatic N) is 3. The maximum Gasteiger partial charge on any atom is 0.143 e. The number of aryl methyl sites for hydroxylation is 1. The van der Waals surface area contributed by atoms with E-state index in [0.717, 1.165) is 16.5 Å². The summed E-state index contributed by atoms with van der Waals surface area (Å²) in [6, 6.07) is -0.0713. The fourth-order valence-electron chi connectivity index (χ4n) is 1.29. The van der Waals surface area contributed by atoms with Crippen LogP contribution in [0.15, 0.2) is 11.7 Å². The Labute approximate surface area is 90.9 Å². The molecule has 0 saturated carbocycles. The molecule has 0 aliphatic carbocycles. The number of nitrogens with one attached hydrogen (secondary N) is 2. The average molecular weight is 224 g/mol. The number of thiazole rings is 1. The lowest BCUT2D eigenvalue weighted by molar-refractivity contribution is 0.523. The molecule has 2 rings (SSSR count). The molecular formula is C8H12N6S. The van der Waals surface area contributed by atoms with Crippen molar-refractivity contribution in [3.63, 3.8) is 0 Å². The van der Waals surface area contributed by atoms with Gasteiger partial charge in [-0.3, -0.25) is 10.9 Å². The van der Waals surface area contributed by atoms with Gasteiger partial charge in [-0.25, -0.2) is 15.4 Å². The van der Waals surface area contributed by atoms with Crippen LogP contribution in [0.3, 0.4) is 0 Å². The molecule has 0 aliphatic heterocycles. The zero-order valence-electron chi connectivity index (χ0n) is 8.27. The predicted molar refractivity (Wildman–Crippen MR) is 57.0 cm³/mol. The molecule has 0 amide bonds. The van der Waals surface area contributed by atoms with Gasteiger partial charge in [0.2, 0.25) is 0 Å². The third kappa shape index (κ3) is 2.38. The average Bonchev–Trinajstić information content (AvgIpc) is 2.85. The highest BCUT2D eigenvalue weighted by Crippen LogP contribution is 2.16. The number of hydrazine groups is 1. The van der Waals surface area contributed by atoms with Crippen LogP contribution < -0.4 is 11.3 Å². The van der Waals surface area contributed by atoms with Crippen molar-refractivity contribution >= 4 is 11.3 Å². The number of H-pyrrole nitrogens is 1. The second-order valence-electron chi connectivity index (χ2n) is 3.18. The van der Waals surface area contributed by atoms with Gasteiger partial charge in [0, 0.05) is 17.5 Å². The molecule has 2 heterocycles. The molecule has 2 aromatic rings. The van der Waals surface area contributed by atoms with Crippen molar-refractivity contribution in [1.29, 1.82) is 0 Å². The number of nitrogens with two attached hydrogens (primary N) is 1. The zero-order valence-corrected chi connectivity index (χ0v) is 9.08. The lowest BCUT2D eigenvalue weighted by Crippen LogP contribution is -2.30. The standard InChI is InChI=1S/C8H12N6S/c1-5-3-15-7(12-5)2-6(13-9)8-10-4-11-14-8/h3-4,6,13H,2,9H2,1H3,(H,10,11,14). The van der Waals surface area contributed by atoms with Gasteiger partial charge in [0.05, 0.1) is 11.0 Å². The summed E-state index contributed by atoms with van der Waals surface area (Å²) in [5, 5.41) is 9.63. The molecule has 1 atom stereocenters. The van der Waals surface area contributed by atoms with Gasteiger partial charge in [-0.2, -0.15) is 5.10 Å². The summed E-state index contributed by atoms with van der Waals surface area (Å²) in [5.41, 5.74) is 3.73. The zero-order chi connectivity index (χ0) is 10.7. The molecule has 0 saturated heterocycles. The highest BCUT2D eigenvalue weighted by atomic mass is 32.1. The fraction of sp³-hybridized carbons (Fsp3) is 0.375. The van der Waals surface area contributed by atoms with Gasteiger partial charge in [-0.1, -0.05) is 0 Å². The van der Waals surface area contributed by atoms with E-state index in [-0.39, 0.29) is 6.04 Å². The van der Waals surface area contributed by atoms with Crippen molar-refractivity contribution < 1.29 is 0 Å². The Hall–Kier alpha value is -1.31. The van der Waals surface area contributed by atoms with E-state index in [1.807, 2.05) is 12.3 Å². The van der Waals surface area contributed by atoms with E-state index in [4.69, 9.17) is 5.84 Å². The van der Waals surface area contributed by atoms with Crippen LogP contribution in [0.5, 0.6) is 0 Å². The first-order valence-electron chi connectivity index (χ1n) is 4.52. The first-order valence-corrected chi connectivity index (χ1v) is 5.40. The van der Waals surface area contributed by atoms with Gasteiger partial charge in [-0.05, 0) is 6.92 Å². The smallest absolute Gasteiger partial charge is 0.143 e. The van der Waals surface area contributed by atoms with Crippen LogP contribution >= 0.6 is 11.3 Å². The molecule has 0 radical (unpaired) electrons. The molecule has 2 aromatic heterocycles. The Bertz CT molecular complexity index is 408. The third-order valence-electron chi connectivity index (χ3n) is 2.01. The van der Waals surface area contributed by atoms with Crippen molar-refractivity contribution in [2.24, 2.45) is 5.84 Å². The Balaban J connectivity index is 2.09. The molecule has 0 fully saturated rings. The summed E-state index contributed by atoms with van der Waals surface area (Å²) in [4.78, 5) is 8.43. The second kappa shape index (κ2) is 4.47. The Kier molecular flexibility index (Phi) is 3.05. The van der Waals surface area contributed by atoms with Gasteiger partial charge in [-0.15, -0.1) is 11.3 Å². The van der Waals surface area contributed by atoms with E-state index in [9.17, 15) is 0 Å². The Morgan fingerprint density at radius 2 is 2.53 bits per heavy atom. The van der Waals surface area contributed by atoms with Crippen LogP contribution in [0.4, 0.5) is 0 Å². The second-order valence-corrected chi connectivity index (χ2v) is 4.12. The summed E-state index contributed by atoms with van der Waals surface area (Å²) in [7, 11) is 0. The maximum absolute atomic E-state index is 5.46. The summed E-state index contributed by atoms with van der Waals surface area (Å²) in [5.74, 6) is 6.18. The van der Waals surface area contributed by atoms with Crippen LogP contribution in [-0.4, -0.2) is 20.2 Å². The summed E-state index contributed by atoms with van der Waals surface area (Å²) in [6.45, 7) is 1.97.